The molecule has 178 valence electrons. The van der Waals surface area contributed by atoms with Gasteiger partial charge in [0.05, 0.1) is 19.4 Å². The van der Waals surface area contributed by atoms with E-state index in [9.17, 15) is 18.4 Å². The summed E-state index contributed by atoms with van der Waals surface area (Å²) in [5.74, 6) is -0.925. The van der Waals surface area contributed by atoms with Crippen LogP contribution in [0.25, 0.3) is 0 Å². The molecule has 0 aliphatic rings. The molecule has 0 saturated carbocycles. The fourth-order valence-corrected chi connectivity index (χ4v) is 4.33. The molecule has 1 aromatic heterocycles. The summed E-state index contributed by atoms with van der Waals surface area (Å²) in [4.78, 5) is 28.4. The maximum Gasteiger partial charge on any atom is 0.232 e. The van der Waals surface area contributed by atoms with Gasteiger partial charge in [-0.05, 0) is 64.5 Å². The second kappa shape index (κ2) is 11.5. The van der Waals surface area contributed by atoms with Gasteiger partial charge in [0, 0.05) is 17.1 Å². The summed E-state index contributed by atoms with van der Waals surface area (Å²) in [5, 5.41) is 4.77. The monoisotopic (exact) mass is 490 g/mol. The number of halogens is 2. The molecule has 0 saturated heterocycles. The average molecular weight is 491 g/mol. The van der Waals surface area contributed by atoms with Crippen molar-refractivity contribution in [2.24, 2.45) is 0 Å². The number of nitrogens with one attached hydrogen (secondary N) is 1. The molecule has 3 aromatic carbocycles. The summed E-state index contributed by atoms with van der Waals surface area (Å²) in [6.45, 7) is 0.583. The van der Waals surface area contributed by atoms with Crippen LogP contribution in [-0.4, -0.2) is 11.8 Å². The summed E-state index contributed by atoms with van der Waals surface area (Å²) >= 11 is 1.52. The van der Waals surface area contributed by atoms with Crippen molar-refractivity contribution in [2.45, 2.75) is 25.9 Å². The lowest BCUT2D eigenvalue weighted by molar-refractivity contribution is -0.120. The van der Waals surface area contributed by atoms with Crippen molar-refractivity contribution < 1.29 is 18.4 Å². The Morgan fingerprint density at radius 3 is 2.11 bits per heavy atom. The lowest BCUT2D eigenvalue weighted by atomic mass is 10.1. The molecule has 0 radical (unpaired) electrons. The minimum absolute atomic E-state index is 0.0883. The molecule has 0 bridgehead atoms. The number of carbonyl (C=O) groups excluding carboxylic acids is 2. The summed E-state index contributed by atoms with van der Waals surface area (Å²) in [5.41, 5.74) is 3.03. The van der Waals surface area contributed by atoms with Gasteiger partial charge in [-0.25, -0.2) is 8.78 Å². The van der Waals surface area contributed by atoms with Gasteiger partial charge in [0.2, 0.25) is 11.8 Å². The summed E-state index contributed by atoms with van der Waals surface area (Å²) in [6, 6.07) is 23.2. The lowest BCUT2D eigenvalue weighted by Gasteiger charge is -2.24. The zero-order valence-electron chi connectivity index (χ0n) is 18.9. The van der Waals surface area contributed by atoms with Gasteiger partial charge in [0.1, 0.15) is 11.6 Å². The maximum atomic E-state index is 13.4. The fourth-order valence-electron chi connectivity index (χ4n) is 3.64. The van der Waals surface area contributed by atoms with Gasteiger partial charge in [-0.2, -0.15) is 0 Å². The Bertz CT molecular complexity index is 1270. The van der Waals surface area contributed by atoms with Gasteiger partial charge in [0.15, 0.2) is 0 Å². The number of benzene rings is 3. The van der Waals surface area contributed by atoms with Crippen molar-refractivity contribution in [2.75, 3.05) is 4.90 Å². The largest absolute Gasteiger partial charge is 0.352 e. The van der Waals surface area contributed by atoms with Crippen LogP contribution in [0, 0.1) is 11.6 Å². The number of hydrogen-bond acceptors (Lipinski definition) is 3. The van der Waals surface area contributed by atoms with Gasteiger partial charge < -0.3 is 10.2 Å². The van der Waals surface area contributed by atoms with E-state index >= 15 is 0 Å². The van der Waals surface area contributed by atoms with E-state index in [1.807, 2.05) is 41.8 Å². The van der Waals surface area contributed by atoms with Crippen LogP contribution in [0.2, 0.25) is 0 Å². The highest BCUT2D eigenvalue weighted by molar-refractivity contribution is 7.10. The van der Waals surface area contributed by atoms with Crippen LogP contribution in [0.3, 0.4) is 0 Å². The molecule has 4 nitrogen and oxygen atoms in total. The number of anilines is 1. The molecule has 4 rings (SSSR count). The standard InChI is InChI=1S/C28H24F2N2O2S/c29-23-10-6-20(7-11-23)18-31-27(33)16-22-3-1-4-25(15-22)32(19-21-8-12-24(30)13-9-21)28(34)17-26-5-2-14-35-26/h1-15H,16-19H2,(H,31,33). The molecule has 1 heterocycles. The van der Waals surface area contributed by atoms with Crippen molar-refractivity contribution in [3.63, 3.8) is 0 Å². The Hall–Kier alpha value is -3.84. The van der Waals surface area contributed by atoms with E-state index in [0.717, 1.165) is 21.6 Å². The van der Waals surface area contributed by atoms with Gasteiger partial charge in [-0.3, -0.25) is 9.59 Å². The van der Waals surface area contributed by atoms with Gasteiger partial charge in [0.25, 0.3) is 0 Å². The Morgan fingerprint density at radius 2 is 1.46 bits per heavy atom. The average Bonchev–Trinajstić information content (AvgIpc) is 3.36. The predicted octanol–water partition coefficient (Wildman–Crippen LogP) is 5.66. The van der Waals surface area contributed by atoms with Crippen LogP contribution in [0.1, 0.15) is 21.6 Å². The highest BCUT2D eigenvalue weighted by Gasteiger charge is 2.18. The lowest BCUT2D eigenvalue weighted by Crippen LogP contribution is -2.31. The van der Waals surface area contributed by atoms with Crippen LogP contribution in [0.15, 0.2) is 90.3 Å². The van der Waals surface area contributed by atoms with Crippen LogP contribution >= 0.6 is 11.3 Å². The normalized spacial score (nSPS) is 10.7. The van der Waals surface area contributed by atoms with Crippen molar-refractivity contribution in [3.05, 3.63) is 124 Å². The van der Waals surface area contributed by atoms with Crippen molar-refractivity contribution in [3.8, 4) is 0 Å². The number of hydrogen-bond donors (Lipinski definition) is 1. The Labute approximate surface area is 206 Å². The highest BCUT2D eigenvalue weighted by Crippen LogP contribution is 2.22. The van der Waals surface area contributed by atoms with Gasteiger partial charge >= 0.3 is 0 Å². The third kappa shape index (κ3) is 7.07. The molecule has 7 heteroatoms. The minimum Gasteiger partial charge on any atom is -0.352 e. The molecule has 0 unspecified atom stereocenters. The van der Waals surface area contributed by atoms with Crippen LogP contribution in [-0.2, 0) is 35.5 Å². The van der Waals surface area contributed by atoms with E-state index in [4.69, 9.17) is 0 Å². The number of amides is 2. The van der Waals surface area contributed by atoms with Crippen LogP contribution in [0.4, 0.5) is 14.5 Å². The molecular weight excluding hydrogens is 466 g/mol. The quantitative estimate of drug-likeness (QED) is 0.329. The molecule has 0 aliphatic carbocycles. The van der Waals surface area contributed by atoms with Crippen molar-refractivity contribution >= 4 is 28.8 Å². The number of rotatable bonds is 9. The summed E-state index contributed by atoms with van der Waals surface area (Å²) in [6.07, 6.45) is 0.389. The molecule has 2 amide bonds. The summed E-state index contributed by atoms with van der Waals surface area (Å²) in [7, 11) is 0. The first-order valence-electron chi connectivity index (χ1n) is 11.1. The van der Waals surface area contributed by atoms with E-state index in [-0.39, 0.29) is 42.8 Å². The Balaban J connectivity index is 1.48. The zero-order valence-corrected chi connectivity index (χ0v) is 19.7. The van der Waals surface area contributed by atoms with E-state index in [0.29, 0.717) is 12.2 Å². The van der Waals surface area contributed by atoms with E-state index in [2.05, 4.69) is 5.32 Å². The topological polar surface area (TPSA) is 49.4 Å². The molecule has 0 spiro atoms. The first-order valence-corrected chi connectivity index (χ1v) is 12.0. The van der Waals surface area contributed by atoms with Gasteiger partial charge in [-0.15, -0.1) is 11.3 Å². The van der Waals surface area contributed by atoms with Crippen LogP contribution < -0.4 is 10.2 Å². The Morgan fingerprint density at radius 1 is 0.771 bits per heavy atom. The molecule has 4 aromatic rings. The molecule has 1 N–H and O–H groups in total. The SMILES string of the molecule is O=C(Cc1cccc(N(Cc2ccc(F)cc2)C(=O)Cc2cccs2)c1)NCc1ccc(F)cc1. The van der Waals surface area contributed by atoms with E-state index in [1.54, 1.807) is 29.2 Å². The van der Waals surface area contributed by atoms with E-state index in [1.165, 1.54) is 35.6 Å². The first kappa shape index (κ1) is 24.3. The maximum absolute atomic E-state index is 13.4. The zero-order chi connectivity index (χ0) is 24.6. The third-order valence-electron chi connectivity index (χ3n) is 5.45. The second-order valence-electron chi connectivity index (χ2n) is 8.11. The number of thiophene rings is 1. The van der Waals surface area contributed by atoms with E-state index < -0.39 is 0 Å². The second-order valence-corrected chi connectivity index (χ2v) is 9.14. The number of nitrogens with zero attached hydrogens (tertiary/aromatic N) is 1. The highest BCUT2D eigenvalue weighted by atomic mass is 32.1. The third-order valence-corrected chi connectivity index (χ3v) is 6.33. The van der Waals surface area contributed by atoms with Gasteiger partial charge in [-0.1, -0.05) is 42.5 Å². The minimum atomic E-state index is -0.334. The first-order chi connectivity index (χ1) is 17.0. The molecular formula is C28H24F2N2O2S. The van der Waals surface area contributed by atoms with Crippen molar-refractivity contribution in [1.29, 1.82) is 0 Å². The Kier molecular flexibility index (Phi) is 8.00. The fraction of sp³-hybridized carbons (Fsp3) is 0.143. The molecule has 0 atom stereocenters. The van der Waals surface area contributed by atoms with Crippen LogP contribution in [0.5, 0.6) is 0 Å². The smallest absolute Gasteiger partial charge is 0.232 e. The molecule has 0 aliphatic heterocycles. The molecule has 0 fully saturated rings. The van der Waals surface area contributed by atoms with Crippen molar-refractivity contribution in [1.82, 2.24) is 5.32 Å². The molecule has 35 heavy (non-hydrogen) atoms. The number of carbonyl (C=O) groups is 2. The predicted molar refractivity (Wildman–Crippen MR) is 134 cm³/mol. The summed E-state index contributed by atoms with van der Waals surface area (Å²) < 4.78 is 26.4.